The molecule has 0 aliphatic heterocycles. The summed E-state index contributed by atoms with van der Waals surface area (Å²) in [6.07, 6.45) is 1.55. The van der Waals surface area contributed by atoms with Gasteiger partial charge in [0, 0.05) is 16.3 Å². The van der Waals surface area contributed by atoms with Crippen molar-refractivity contribution in [3.05, 3.63) is 21.9 Å². The van der Waals surface area contributed by atoms with Gasteiger partial charge in [0.15, 0.2) is 0 Å². The Labute approximate surface area is 126 Å². The third-order valence-electron chi connectivity index (χ3n) is 3.29. The zero-order valence-electron chi connectivity index (χ0n) is 12.8. The molecule has 0 aliphatic carbocycles. The van der Waals surface area contributed by atoms with E-state index in [0.717, 1.165) is 37.6 Å². The summed E-state index contributed by atoms with van der Waals surface area (Å²) in [6.45, 7) is 9.70. The molecular weight excluding hydrogens is 272 g/mol. The minimum absolute atomic E-state index is 0.175. The lowest BCUT2D eigenvalue weighted by Crippen LogP contribution is -2.27. The number of carbonyl (C=O) groups excluding carboxylic acids is 1. The average Bonchev–Trinajstić information content (AvgIpc) is 2.90. The van der Waals surface area contributed by atoms with E-state index in [-0.39, 0.29) is 5.97 Å². The van der Waals surface area contributed by atoms with Gasteiger partial charge in [-0.3, -0.25) is 4.79 Å². The highest BCUT2D eigenvalue weighted by Crippen LogP contribution is 2.17. The smallest absolute Gasteiger partial charge is 0.310 e. The first-order valence-corrected chi connectivity index (χ1v) is 8.08. The van der Waals surface area contributed by atoms with Gasteiger partial charge in [-0.1, -0.05) is 13.8 Å². The molecule has 0 saturated heterocycles. The number of ether oxygens (including phenoxy) is 1. The summed E-state index contributed by atoms with van der Waals surface area (Å²) in [5, 5.41) is 3.45. The number of nitrogens with one attached hydrogen (secondary N) is 1. The van der Waals surface area contributed by atoms with E-state index >= 15 is 0 Å². The number of nitrogens with zero attached hydrogens (tertiary/aromatic N) is 1. The van der Waals surface area contributed by atoms with Gasteiger partial charge < -0.3 is 15.0 Å². The summed E-state index contributed by atoms with van der Waals surface area (Å²) in [4.78, 5) is 15.9. The van der Waals surface area contributed by atoms with Crippen LogP contribution in [0.15, 0.2) is 12.1 Å². The topological polar surface area (TPSA) is 41.6 Å². The summed E-state index contributed by atoms with van der Waals surface area (Å²) in [5.41, 5.74) is 0. The molecule has 0 radical (unpaired) electrons. The Hall–Kier alpha value is -0.910. The van der Waals surface area contributed by atoms with Crippen LogP contribution < -0.4 is 5.32 Å². The van der Waals surface area contributed by atoms with Crippen molar-refractivity contribution in [1.82, 2.24) is 10.2 Å². The standard InChI is InChI=1S/C15H26N2O2S/c1-4-17(5-2)10-6-9-16-12-14-8-7-13(20-14)11-15(18)19-3/h7-8,16H,4-6,9-12H2,1-3H3. The van der Waals surface area contributed by atoms with Crippen molar-refractivity contribution in [3.8, 4) is 0 Å². The lowest BCUT2D eigenvalue weighted by atomic mass is 10.3. The molecule has 0 bridgehead atoms. The maximum absolute atomic E-state index is 11.2. The highest BCUT2D eigenvalue weighted by atomic mass is 32.1. The van der Waals surface area contributed by atoms with Gasteiger partial charge in [0.25, 0.3) is 0 Å². The van der Waals surface area contributed by atoms with Crippen LogP contribution in [0.3, 0.4) is 0 Å². The molecule has 4 nitrogen and oxygen atoms in total. The fraction of sp³-hybridized carbons (Fsp3) is 0.667. The van der Waals surface area contributed by atoms with Crippen molar-refractivity contribution >= 4 is 17.3 Å². The summed E-state index contributed by atoms with van der Waals surface area (Å²) in [6, 6.07) is 4.09. The molecule has 0 amide bonds. The molecule has 1 N–H and O–H groups in total. The summed E-state index contributed by atoms with van der Waals surface area (Å²) in [5.74, 6) is -0.175. The Kier molecular flexibility index (Phi) is 8.49. The second-order valence-electron chi connectivity index (χ2n) is 4.68. The Morgan fingerprint density at radius 2 is 2.00 bits per heavy atom. The number of thiophene rings is 1. The van der Waals surface area contributed by atoms with Crippen molar-refractivity contribution in [2.75, 3.05) is 33.3 Å². The van der Waals surface area contributed by atoms with Crippen LogP contribution in [0.1, 0.15) is 30.0 Å². The number of rotatable bonds is 10. The molecule has 5 heteroatoms. The monoisotopic (exact) mass is 298 g/mol. The van der Waals surface area contributed by atoms with Gasteiger partial charge in [-0.2, -0.15) is 0 Å². The highest BCUT2D eigenvalue weighted by Gasteiger charge is 2.06. The first-order valence-electron chi connectivity index (χ1n) is 7.27. The quantitative estimate of drug-likeness (QED) is 0.531. The van der Waals surface area contributed by atoms with Gasteiger partial charge in [-0.05, 0) is 44.7 Å². The van der Waals surface area contributed by atoms with Crippen LogP contribution in [0.4, 0.5) is 0 Å². The Morgan fingerprint density at radius 1 is 1.30 bits per heavy atom. The molecule has 20 heavy (non-hydrogen) atoms. The fourth-order valence-electron chi connectivity index (χ4n) is 2.01. The molecule has 0 saturated carbocycles. The lowest BCUT2D eigenvalue weighted by Gasteiger charge is -2.17. The number of esters is 1. The third kappa shape index (κ3) is 6.50. The van der Waals surface area contributed by atoms with E-state index in [1.807, 2.05) is 6.07 Å². The zero-order valence-corrected chi connectivity index (χ0v) is 13.6. The molecule has 0 fully saturated rings. The van der Waals surface area contributed by atoms with E-state index in [1.54, 1.807) is 11.3 Å². The second-order valence-corrected chi connectivity index (χ2v) is 5.93. The van der Waals surface area contributed by atoms with Gasteiger partial charge >= 0.3 is 5.97 Å². The second kappa shape index (κ2) is 9.91. The lowest BCUT2D eigenvalue weighted by molar-refractivity contribution is -0.139. The van der Waals surface area contributed by atoms with E-state index in [0.29, 0.717) is 6.42 Å². The van der Waals surface area contributed by atoms with E-state index in [4.69, 9.17) is 0 Å². The maximum atomic E-state index is 11.2. The fourth-order valence-corrected chi connectivity index (χ4v) is 2.98. The first kappa shape index (κ1) is 17.1. The van der Waals surface area contributed by atoms with Gasteiger partial charge in [-0.15, -0.1) is 11.3 Å². The molecule has 1 aromatic rings. The van der Waals surface area contributed by atoms with Crippen LogP contribution in [0, 0.1) is 0 Å². The molecule has 0 spiro atoms. The van der Waals surface area contributed by atoms with Crippen LogP contribution in [0.2, 0.25) is 0 Å². The first-order chi connectivity index (χ1) is 9.69. The number of carbonyl (C=O) groups is 1. The van der Waals surface area contributed by atoms with Crippen LogP contribution in [0.5, 0.6) is 0 Å². The number of methoxy groups -OCH3 is 1. The average molecular weight is 298 g/mol. The van der Waals surface area contributed by atoms with Crippen molar-refractivity contribution in [2.45, 2.75) is 33.2 Å². The summed E-state index contributed by atoms with van der Waals surface area (Å²) >= 11 is 1.68. The van der Waals surface area contributed by atoms with Crippen molar-refractivity contribution < 1.29 is 9.53 Å². The highest BCUT2D eigenvalue weighted by molar-refractivity contribution is 7.12. The number of hydrogen-bond donors (Lipinski definition) is 1. The van der Waals surface area contributed by atoms with Crippen LogP contribution >= 0.6 is 11.3 Å². The minimum atomic E-state index is -0.175. The molecule has 0 atom stereocenters. The third-order valence-corrected chi connectivity index (χ3v) is 4.37. The predicted molar refractivity (Wildman–Crippen MR) is 84.2 cm³/mol. The number of hydrogen-bond acceptors (Lipinski definition) is 5. The summed E-state index contributed by atoms with van der Waals surface area (Å²) in [7, 11) is 1.42. The molecule has 0 aliphatic rings. The minimum Gasteiger partial charge on any atom is -0.469 e. The molecular formula is C15H26N2O2S. The van der Waals surface area contributed by atoms with E-state index in [1.165, 1.54) is 18.4 Å². The summed E-state index contributed by atoms with van der Waals surface area (Å²) < 4.78 is 4.67. The molecule has 0 unspecified atom stereocenters. The molecule has 0 aromatic carbocycles. The Morgan fingerprint density at radius 3 is 2.65 bits per heavy atom. The SMILES string of the molecule is CCN(CC)CCCNCc1ccc(CC(=O)OC)s1. The van der Waals surface area contributed by atoms with E-state index in [9.17, 15) is 4.79 Å². The van der Waals surface area contributed by atoms with Gasteiger partial charge in [-0.25, -0.2) is 0 Å². The van der Waals surface area contributed by atoms with Crippen LogP contribution in [0.25, 0.3) is 0 Å². The van der Waals surface area contributed by atoms with E-state index in [2.05, 4.69) is 34.9 Å². The Bertz CT molecular complexity index is 389. The molecule has 1 aromatic heterocycles. The predicted octanol–water partition coefficient (Wildman–Crippen LogP) is 2.29. The van der Waals surface area contributed by atoms with Crippen LogP contribution in [-0.4, -0.2) is 44.2 Å². The normalized spacial score (nSPS) is 11.0. The molecule has 1 rings (SSSR count). The van der Waals surface area contributed by atoms with Crippen molar-refractivity contribution in [1.29, 1.82) is 0 Å². The molecule has 114 valence electrons. The van der Waals surface area contributed by atoms with Gasteiger partial charge in [0.05, 0.1) is 13.5 Å². The maximum Gasteiger partial charge on any atom is 0.310 e. The zero-order chi connectivity index (χ0) is 14.8. The Balaban J connectivity index is 2.17. The van der Waals surface area contributed by atoms with Crippen molar-refractivity contribution in [3.63, 3.8) is 0 Å². The van der Waals surface area contributed by atoms with Gasteiger partial charge in [0.2, 0.25) is 0 Å². The van der Waals surface area contributed by atoms with Crippen LogP contribution in [-0.2, 0) is 22.5 Å². The molecule has 1 heterocycles. The van der Waals surface area contributed by atoms with E-state index < -0.39 is 0 Å². The largest absolute Gasteiger partial charge is 0.469 e. The van der Waals surface area contributed by atoms with Gasteiger partial charge in [0.1, 0.15) is 0 Å². The van der Waals surface area contributed by atoms with Crippen molar-refractivity contribution in [2.24, 2.45) is 0 Å².